The van der Waals surface area contributed by atoms with Crippen LogP contribution in [0, 0.1) is 19.8 Å². The zero-order chi connectivity index (χ0) is 17.1. The van der Waals surface area contributed by atoms with Crippen LogP contribution in [-0.2, 0) is 6.42 Å². The summed E-state index contributed by atoms with van der Waals surface area (Å²) < 4.78 is 0. The molecular formula is C20H28N4. The zero-order valence-electron chi connectivity index (χ0n) is 15.3. The molecule has 1 aromatic heterocycles. The quantitative estimate of drug-likeness (QED) is 0.890. The van der Waals surface area contributed by atoms with E-state index in [4.69, 9.17) is 0 Å². The molecule has 1 N–H and O–H groups in total. The summed E-state index contributed by atoms with van der Waals surface area (Å²) in [4.78, 5) is 11.7. The predicted molar refractivity (Wildman–Crippen MR) is 101 cm³/mol. The monoisotopic (exact) mass is 324 g/mol. The van der Waals surface area contributed by atoms with Gasteiger partial charge in [0, 0.05) is 24.8 Å². The second-order valence-corrected chi connectivity index (χ2v) is 6.92. The van der Waals surface area contributed by atoms with Crippen molar-refractivity contribution in [2.75, 3.05) is 23.3 Å². The molecule has 0 spiro atoms. The molecule has 1 aliphatic rings. The topological polar surface area (TPSA) is 41.0 Å². The van der Waals surface area contributed by atoms with Gasteiger partial charge in [0.1, 0.15) is 17.5 Å². The third-order valence-corrected chi connectivity index (χ3v) is 4.93. The van der Waals surface area contributed by atoms with Crippen LogP contribution in [0.4, 0.5) is 17.3 Å². The van der Waals surface area contributed by atoms with Crippen molar-refractivity contribution in [3.63, 3.8) is 0 Å². The second-order valence-electron chi connectivity index (χ2n) is 6.92. The Morgan fingerprint density at radius 1 is 1.17 bits per heavy atom. The minimum atomic E-state index is 0.820. The van der Waals surface area contributed by atoms with Crippen molar-refractivity contribution in [1.29, 1.82) is 0 Å². The van der Waals surface area contributed by atoms with Gasteiger partial charge in [-0.2, -0.15) is 0 Å². The Morgan fingerprint density at radius 3 is 2.62 bits per heavy atom. The van der Waals surface area contributed by atoms with Gasteiger partial charge in [-0.1, -0.05) is 32.0 Å². The molecular weight excluding hydrogens is 296 g/mol. The Balaban J connectivity index is 1.87. The molecule has 4 heteroatoms. The minimum absolute atomic E-state index is 0.820. The van der Waals surface area contributed by atoms with Crippen LogP contribution in [-0.4, -0.2) is 23.1 Å². The number of hydrogen-bond acceptors (Lipinski definition) is 4. The van der Waals surface area contributed by atoms with E-state index >= 15 is 0 Å². The summed E-state index contributed by atoms with van der Waals surface area (Å²) in [7, 11) is 0. The van der Waals surface area contributed by atoms with Crippen LogP contribution in [0.3, 0.4) is 0 Å². The van der Waals surface area contributed by atoms with Crippen LogP contribution in [0.2, 0.25) is 0 Å². The Bertz CT molecular complexity index is 703. The number of nitrogens with one attached hydrogen (secondary N) is 1. The van der Waals surface area contributed by atoms with E-state index in [0.717, 1.165) is 42.9 Å². The smallest absolute Gasteiger partial charge is 0.136 e. The maximum atomic E-state index is 4.66. The molecule has 0 atom stereocenters. The normalized spacial score (nSPS) is 15.6. The number of benzene rings is 1. The van der Waals surface area contributed by atoms with E-state index in [1.807, 2.05) is 6.92 Å². The largest absolute Gasteiger partial charge is 0.356 e. The van der Waals surface area contributed by atoms with Crippen LogP contribution in [0.1, 0.15) is 43.6 Å². The fraction of sp³-hybridized carbons (Fsp3) is 0.500. The van der Waals surface area contributed by atoms with Crippen molar-refractivity contribution in [2.45, 2.75) is 47.0 Å². The lowest BCUT2D eigenvalue weighted by atomic mass is 9.99. The van der Waals surface area contributed by atoms with Gasteiger partial charge in [-0.05, 0) is 50.2 Å². The Kier molecular flexibility index (Phi) is 5.03. The van der Waals surface area contributed by atoms with Crippen molar-refractivity contribution in [3.8, 4) is 0 Å². The number of piperidine rings is 1. The summed E-state index contributed by atoms with van der Waals surface area (Å²) in [5.41, 5.74) is 3.75. The summed E-state index contributed by atoms with van der Waals surface area (Å²) in [5.74, 6) is 3.57. The molecule has 1 aliphatic heterocycles. The van der Waals surface area contributed by atoms with Crippen LogP contribution >= 0.6 is 0 Å². The number of para-hydroxylation sites is 1. The molecule has 0 bridgehead atoms. The molecule has 1 fully saturated rings. The van der Waals surface area contributed by atoms with Gasteiger partial charge in [-0.25, -0.2) is 9.97 Å². The fourth-order valence-electron chi connectivity index (χ4n) is 3.35. The summed E-state index contributed by atoms with van der Waals surface area (Å²) in [5, 5.41) is 3.54. The lowest BCUT2D eigenvalue weighted by Gasteiger charge is -2.31. The Morgan fingerprint density at radius 2 is 1.92 bits per heavy atom. The molecule has 0 unspecified atom stereocenters. The molecule has 0 amide bonds. The maximum Gasteiger partial charge on any atom is 0.136 e. The van der Waals surface area contributed by atoms with Crippen LogP contribution in [0.15, 0.2) is 24.3 Å². The number of rotatable bonds is 4. The van der Waals surface area contributed by atoms with Gasteiger partial charge in [0.25, 0.3) is 0 Å². The van der Waals surface area contributed by atoms with Gasteiger partial charge < -0.3 is 10.2 Å². The van der Waals surface area contributed by atoms with E-state index in [1.54, 1.807) is 0 Å². The summed E-state index contributed by atoms with van der Waals surface area (Å²) in [6.07, 6.45) is 3.48. The first kappa shape index (κ1) is 16.7. The van der Waals surface area contributed by atoms with Gasteiger partial charge in [-0.3, -0.25) is 0 Å². The predicted octanol–water partition coefficient (Wildman–Crippen LogP) is 4.64. The SMILES string of the molecule is CCc1cccc(C)c1Nc1cc(N2CCC(C)CC2)nc(C)n1. The third-order valence-electron chi connectivity index (χ3n) is 4.93. The zero-order valence-corrected chi connectivity index (χ0v) is 15.3. The third kappa shape index (κ3) is 3.69. The van der Waals surface area contributed by atoms with Crippen molar-refractivity contribution >= 4 is 17.3 Å². The highest BCUT2D eigenvalue weighted by Gasteiger charge is 2.18. The average molecular weight is 324 g/mol. The van der Waals surface area contributed by atoms with Crippen molar-refractivity contribution in [3.05, 3.63) is 41.2 Å². The molecule has 2 heterocycles. The van der Waals surface area contributed by atoms with E-state index in [9.17, 15) is 0 Å². The van der Waals surface area contributed by atoms with E-state index in [-0.39, 0.29) is 0 Å². The van der Waals surface area contributed by atoms with Crippen molar-refractivity contribution in [2.24, 2.45) is 5.92 Å². The standard InChI is InChI=1S/C20H28N4/c1-5-17-8-6-7-15(3)20(17)23-18-13-19(22-16(4)21-18)24-11-9-14(2)10-12-24/h6-8,13-14H,5,9-12H2,1-4H3,(H,21,22,23). The maximum absolute atomic E-state index is 4.66. The Labute approximate surface area is 145 Å². The molecule has 4 nitrogen and oxygen atoms in total. The first-order chi connectivity index (χ1) is 11.6. The molecule has 1 aromatic carbocycles. The van der Waals surface area contributed by atoms with Crippen LogP contribution < -0.4 is 10.2 Å². The molecule has 128 valence electrons. The first-order valence-electron chi connectivity index (χ1n) is 9.03. The molecule has 0 saturated carbocycles. The van der Waals surface area contributed by atoms with Crippen molar-refractivity contribution < 1.29 is 0 Å². The average Bonchev–Trinajstić information content (AvgIpc) is 2.57. The number of hydrogen-bond donors (Lipinski definition) is 1. The van der Waals surface area contributed by atoms with Crippen LogP contribution in [0.5, 0.6) is 0 Å². The highest BCUT2D eigenvalue weighted by atomic mass is 15.2. The van der Waals surface area contributed by atoms with Crippen LogP contribution in [0.25, 0.3) is 0 Å². The molecule has 0 aliphatic carbocycles. The second kappa shape index (κ2) is 7.20. The van der Waals surface area contributed by atoms with E-state index in [0.29, 0.717) is 0 Å². The number of anilines is 3. The summed E-state index contributed by atoms with van der Waals surface area (Å²) >= 11 is 0. The van der Waals surface area contributed by atoms with Gasteiger partial charge in [0.2, 0.25) is 0 Å². The van der Waals surface area contributed by atoms with Gasteiger partial charge in [-0.15, -0.1) is 0 Å². The van der Waals surface area contributed by atoms with Gasteiger partial charge >= 0.3 is 0 Å². The number of aromatic nitrogens is 2. The highest BCUT2D eigenvalue weighted by molar-refractivity contribution is 5.66. The highest BCUT2D eigenvalue weighted by Crippen LogP contribution is 2.27. The summed E-state index contributed by atoms with van der Waals surface area (Å²) in [6.45, 7) is 10.8. The molecule has 2 aromatic rings. The van der Waals surface area contributed by atoms with Gasteiger partial charge in [0.15, 0.2) is 0 Å². The first-order valence-corrected chi connectivity index (χ1v) is 9.03. The van der Waals surface area contributed by atoms with Crippen molar-refractivity contribution in [1.82, 2.24) is 9.97 Å². The Hall–Kier alpha value is -2.10. The number of aryl methyl sites for hydroxylation is 3. The molecule has 24 heavy (non-hydrogen) atoms. The lowest BCUT2D eigenvalue weighted by Crippen LogP contribution is -2.33. The number of nitrogens with zero attached hydrogens (tertiary/aromatic N) is 3. The molecule has 1 saturated heterocycles. The summed E-state index contributed by atoms with van der Waals surface area (Å²) in [6, 6.07) is 8.53. The lowest BCUT2D eigenvalue weighted by molar-refractivity contribution is 0.436. The fourth-order valence-corrected chi connectivity index (χ4v) is 3.35. The van der Waals surface area contributed by atoms with Gasteiger partial charge in [0.05, 0.1) is 0 Å². The molecule has 0 radical (unpaired) electrons. The van der Waals surface area contributed by atoms with E-state index < -0.39 is 0 Å². The molecule has 3 rings (SSSR count). The minimum Gasteiger partial charge on any atom is -0.356 e. The van der Waals surface area contributed by atoms with E-state index in [2.05, 4.69) is 65.2 Å². The van der Waals surface area contributed by atoms with E-state index in [1.165, 1.54) is 29.7 Å².